The van der Waals surface area contributed by atoms with Gasteiger partial charge in [0, 0.05) is 42.6 Å². The van der Waals surface area contributed by atoms with Gasteiger partial charge in [0.25, 0.3) is 5.91 Å². The molecule has 1 N–H and O–H groups in total. The molecule has 0 spiro atoms. The Bertz CT molecular complexity index is 822. The molecule has 2 aromatic rings. The predicted molar refractivity (Wildman–Crippen MR) is 105 cm³/mol. The van der Waals surface area contributed by atoms with Crippen LogP contribution in [0, 0.1) is 0 Å². The van der Waals surface area contributed by atoms with Crippen LogP contribution in [-0.4, -0.2) is 38.9 Å². The number of fused-ring (bicyclic) bond motifs is 1. The van der Waals surface area contributed by atoms with Crippen LogP contribution in [0.4, 0.5) is 0 Å². The molecule has 3 rings (SSSR count). The SMILES string of the molecule is COCCNC(=O)c1cc2c(c(OC)c1)OC(C)(Cc1ccc(Cl)cc1)C2. The minimum Gasteiger partial charge on any atom is -0.493 e. The molecular weight excluding hydrogens is 366 g/mol. The Hall–Kier alpha value is -2.24. The maximum absolute atomic E-state index is 12.4. The molecule has 1 atom stereocenters. The Morgan fingerprint density at radius 2 is 2.00 bits per heavy atom. The van der Waals surface area contributed by atoms with Gasteiger partial charge in [-0.15, -0.1) is 0 Å². The summed E-state index contributed by atoms with van der Waals surface area (Å²) in [7, 11) is 3.18. The van der Waals surface area contributed by atoms with Crippen LogP contribution in [0.3, 0.4) is 0 Å². The maximum Gasteiger partial charge on any atom is 0.251 e. The number of nitrogens with one attached hydrogen (secondary N) is 1. The van der Waals surface area contributed by atoms with Crippen LogP contribution < -0.4 is 14.8 Å². The Labute approximate surface area is 164 Å². The molecule has 0 saturated heterocycles. The van der Waals surface area contributed by atoms with Gasteiger partial charge in [0.1, 0.15) is 5.60 Å². The number of carbonyl (C=O) groups is 1. The van der Waals surface area contributed by atoms with Gasteiger partial charge in [-0.2, -0.15) is 0 Å². The quantitative estimate of drug-likeness (QED) is 0.734. The number of carbonyl (C=O) groups excluding carboxylic acids is 1. The van der Waals surface area contributed by atoms with E-state index in [0.29, 0.717) is 41.7 Å². The normalized spacial score (nSPS) is 17.9. The van der Waals surface area contributed by atoms with Crippen LogP contribution in [0.25, 0.3) is 0 Å². The average Bonchev–Trinajstić information content (AvgIpc) is 2.98. The van der Waals surface area contributed by atoms with Crippen molar-refractivity contribution in [2.75, 3.05) is 27.4 Å². The third kappa shape index (κ3) is 4.54. The van der Waals surface area contributed by atoms with Gasteiger partial charge in [-0.1, -0.05) is 23.7 Å². The standard InChI is InChI=1S/C21H24ClNO4/c1-21(12-14-4-6-17(22)7-5-14)13-16-10-15(20(24)23-8-9-25-2)11-18(26-3)19(16)27-21/h4-7,10-11H,8-9,12-13H2,1-3H3,(H,23,24). The van der Waals surface area contributed by atoms with Crippen molar-refractivity contribution in [3.63, 3.8) is 0 Å². The summed E-state index contributed by atoms with van der Waals surface area (Å²) in [5, 5.41) is 3.55. The van der Waals surface area contributed by atoms with Gasteiger partial charge in [-0.25, -0.2) is 0 Å². The molecule has 1 amide bonds. The molecule has 2 aromatic carbocycles. The fourth-order valence-electron chi connectivity index (χ4n) is 3.38. The smallest absolute Gasteiger partial charge is 0.251 e. The molecule has 0 aliphatic carbocycles. The summed E-state index contributed by atoms with van der Waals surface area (Å²) in [4.78, 5) is 12.4. The first-order valence-corrected chi connectivity index (χ1v) is 9.23. The fraction of sp³-hybridized carbons (Fsp3) is 0.381. The number of hydrogen-bond acceptors (Lipinski definition) is 4. The van der Waals surface area contributed by atoms with E-state index in [9.17, 15) is 4.79 Å². The summed E-state index contributed by atoms with van der Waals surface area (Å²) in [5.74, 6) is 1.13. The maximum atomic E-state index is 12.4. The lowest BCUT2D eigenvalue weighted by Crippen LogP contribution is -2.32. The molecule has 5 nitrogen and oxygen atoms in total. The Balaban J connectivity index is 1.80. The molecule has 1 heterocycles. The number of hydrogen-bond donors (Lipinski definition) is 1. The minimum atomic E-state index is -0.408. The van der Waals surface area contributed by atoms with Crippen molar-refractivity contribution >= 4 is 17.5 Å². The third-order valence-electron chi connectivity index (χ3n) is 4.61. The van der Waals surface area contributed by atoms with Gasteiger partial charge < -0.3 is 19.5 Å². The van der Waals surface area contributed by atoms with Crippen molar-refractivity contribution in [2.45, 2.75) is 25.4 Å². The fourth-order valence-corrected chi connectivity index (χ4v) is 3.50. The van der Waals surface area contributed by atoms with Crippen molar-refractivity contribution in [2.24, 2.45) is 0 Å². The largest absolute Gasteiger partial charge is 0.493 e. The van der Waals surface area contributed by atoms with Crippen LogP contribution >= 0.6 is 11.6 Å². The van der Waals surface area contributed by atoms with E-state index in [2.05, 4.69) is 12.2 Å². The van der Waals surface area contributed by atoms with Crippen molar-refractivity contribution in [1.82, 2.24) is 5.32 Å². The summed E-state index contributed by atoms with van der Waals surface area (Å²) in [6.45, 7) is 3.00. The van der Waals surface area contributed by atoms with Gasteiger partial charge in [0.2, 0.25) is 0 Å². The summed E-state index contributed by atoms with van der Waals surface area (Å²) in [6, 6.07) is 11.4. The van der Waals surface area contributed by atoms with Crippen molar-refractivity contribution in [1.29, 1.82) is 0 Å². The first-order chi connectivity index (χ1) is 12.9. The third-order valence-corrected chi connectivity index (χ3v) is 4.86. The molecule has 27 heavy (non-hydrogen) atoms. The molecule has 1 aliphatic rings. The summed E-state index contributed by atoms with van der Waals surface area (Å²) in [6.07, 6.45) is 1.43. The van der Waals surface area contributed by atoms with Crippen LogP contribution in [0.2, 0.25) is 5.02 Å². The lowest BCUT2D eigenvalue weighted by atomic mass is 9.91. The highest BCUT2D eigenvalue weighted by molar-refractivity contribution is 6.30. The van der Waals surface area contributed by atoms with Crippen molar-refractivity contribution < 1.29 is 19.0 Å². The summed E-state index contributed by atoms with van der Waals surface area (Å²) < 4.78 is 16.7. The Morgan fingerprint density at radius 1 is 1.26 bits per heavy atom. The summed E-state index contributed by atoms with van der Waals surface area (Å²) >= 11 is 5.97. The first kappa shape index (κ1) is 19.5. The van der Waals surface area contributed by atoms with E-state index in [1.807, 2.05) is 30.3 Å². The Kier molecular flexibility index (Phi) is 5.92. The van der Waals surface area contributed by atoms with E-state index in [1.165, 1.54) is 0 Å². The lowest BCUT2D eigenvalue weighted by Gasteiger charge is -2.24. The zero-order chi connectivity index (χ0) is 19.4. The minimum absolute atomic E-state index is 0.153. The highest BCUT2D eigenvalue weighted by atomic mass is 35.5. The second kappa shape index (κ2) is 8.19. The molecule has 0 aromatic heterocycles. The van der Waals surface area contributed by atoms with E-state index in [1.54, 1.807) is 20.3 Å². The number of halogens is 1. The van der Waals surface area contributed by atoms with Crippen LogP contribution in [-0.2, 0) is 17.6 Å². The van der Waals surface area contributed by atoms with E-state index < -0.39 is 5.60 Å². The van der Waals surface area contributed by atoms with E-state index in [0.717, 1.165) is 17.5 Å². The second-order valence-electron chi connectivity index (χ2n) is 6.95. The molecule has 0 fully saturated rings. The summed E-state index contributed by atoms with van der Waals surface area (Å²) in [5.41, 5.74) is 2.27. The number of benzene rings is 2. The van der Waals surface area contributed by atoms with Gasteiger partial charge in [0.15, 0.2) is 11.5 Å². The second-order valence-corrected chi connectivity index (χ2v) is 7.38. The van der Waals surface area contributed by atoms with E-state index >= 15 is 0 Å². The molecule has 0 radical (unpaired) electrons. The van der Waals surface area contributed by atoms with Crippen LogP contribution in [0.1, 0.15) is 28.4 Å². The molecular formula is C21H24ClNO4. The lowest BCUT2D eigenvalue weighted by molar-refractivity contribution is 0.0936. The van der Waals surface area contributed by atoms with E-state index in [-0.39, 0.29) is 5.91 Å². The molecule has 144 valence electrons. The van der Waals surface area contributed by atoms with Crippen LogP contribution in [0.15, 0.2) is 36.4 Å². The molecule has 0 saturated carbocycles. The first-order valence-electron chi connectivity index (χ1n) is 8.85. The highest BCUT2D eigenvalue weighted by Crippen LogP contribution is 2.44. The number of ether oxygens (including phenoxy) is 3. The van der Waals surface area contributed by atoms with E-state index in [4.69, 9.17) is 25.8 Å². The highest BCUT2D eigenvalue weighted by Gasteiger charge is 2.37. The molecule has 6 heteroatoms. The zero-order valence-corrected chi connectivity index (χ0v) is 16.6. The number of amides is 1. The number of rotatable bonds is 7. The van der Waals surface area contributed by atoms with Gasteiger partial charge >= 0.3 is 0 Å². The average molecular weight is 390 g/mol. The van der Waals surface area contributed by atoms with Gasteiger partial charge in [0.05, 0.1) is 13.7 Å². The van der Waals surface area contributed by atoms with Crippen molar-refractivity contribution in [3.05, 3.63) is 58.1 Å². The molecule has 1 aliphatic heterocycles. The topological polar surface area (TPSA) is 56.8 Å². The van der Waals surface area contributed by atoms with Gasteiger partial charge in [-0.3, -0.25) is 4.79 Å². The Morgan fingerprint density at radius 3 is 2.67 bits per heavy atom. The van der Waals surface area contributed by atoms with Crippen molar-refractivity contribution in [3.8, 4) is 11.5 Å². The van der Waals surface area contributed by atoms with Gasteiger partial charge in [-0.05, 0) is 36.8 Å². The number of methoxy groups -OCH3 is 2. The molecule has 1 unspecified atom stereocenters. The van der Waals surface area contributed by atoms with Crippen LogP contribution in [0.5, 0.6) is 11.5 Å². The molecule has 0 bridgehead atoms. The predicted octanol–water partition coefficient (Wildman–Crippen LogP) is 3.66. The monoisotopic (exact) mass is 389 g/mol. The zero-order valence-electron chi connectivity index (χ0n) is 15.8.